The van der Waals surface area contributed by atoms with Crippen molar-refractivity contribution in [2.75, 3.05) is 12.4 Å². The molecule has 0 fully saturated rings. The molecule has 0 radical (unpaired) electrons. The molecule has 4 atom stereocenters. The zero-order chi connectivity index (χ0) is 21.1. The summed E-state index contributed by atoms with van der Waals surface area (Å²) >= 11 is 3.92. The van der Waals surface area contributed by atoms with Crippen LogP contribution in [0.2, 0.25) is 0 Å². The number of aliphatic carboxylic acids is 1. The first-order chi connectivity index (χ1) is 12.5. The Bertz CT molecular complexity index is 572. The summed E-state index contributed by atoms with van der Waals surface area (Å²) in [4.78, 5) is 57.8. The van der Waals surface area contributed by atoms with E-state index in [2.05, 4.69) is 28.6 Å². The highest BCUT2D eigenvalue weighted by Gasteiger charge is 2.29. The minimum absolute atomic E-state index is 0.195. The molecular weight excluding hydrogens is 382 g/mol. The Morgan fingerprint density at radius 3 is 1.85 bits per heavy atom. The number of thiol groups is 1. The van der Waals surface area contributed by atoms with Crippen molar-refractivity contribution in [3.8, 4) is 0 Å². The second-order valence-electron chi connectivity index (χ2n) is 5.68. The number of hydrogen-bond donors (Lipinski definition) is 8. The van der Waals surface area contributed by atoms with Crippen molar-refractivity contribution in [1.29, 1.82) is 0 Å². The Morgan fingerprint density at radius 2 is 1.44 bits per heavy atom. The zero-order valence-corrected chi connectivity index (χ0v) is 15.6. The third-order valence-electron chi connectivity index (χ3n) is 3.34. The number of carbonyl (C=O) groups excluding carboxylic acids is 4. The van der Waals surface area contributed by atoms with Gasteiger partial charge in [0, 0.05) is 12.2 Å². The number of amides is 4. The van der Waals surface area contributed by atoms with Gasteiger partial charge in [-0.3, -0.25) is 19.2 Å². The Hall–Kier alpha value is -2.38. The number of nitrogens with one attached hydrogen (secondary N) is 3. The number of hydrogen-bond acceptors (Lipinski definition) is 8. The van der Waals surface area contributed by atoms with Gasteiger partial charge in [-0.05, 0) is 13.3 Å². The number of aliphatic hydroxyl groups excluding tert-OH is 1. The van der Waals surface area contributed by atoms with Crippen LogP contribution in [-0.4, -0.2) is 76.3 Å². The van der Waals surface area contributed by atoms with Gasteiger partial charge in [0.1, 0.15) is 18.1 Å². The van der Waals surface area contributed by atoms with Crippen LogP contribution < -0.4 is 27.4 Å². The van der Waals surface area contributed by atoms with Gasteiger partial charge < -0.3 is 37.6 Å². The molecule has 27 heavy (non-hydrogen) atoms. The van der Waals surface area contributed by atoms with Crippen LogP contribution in [0.5, 0.6) is 0 Å². The van der Waals surface area contributed by atoms with Crippen molar-refractivity contribution in [2.24, 2.45) is 11.5 Å². The third-order valence-corrected chi connectivity index (χ3v) is 3.70. The van der Waals surface area contributed by atoms with Crippen molar-refractivity contribution < 1.29 is 34.2 Å². The van der Waals surface area contributed by atoms with E-state index in [0.717, 1.165) is 0 Å². The van der Waals surface area contributed by atoms with Gasteiger partial charge in [-0.25, -0.2) is 4.79 Å². The summed E-state index contributed by atoms with van der Waals surface area (Å²) in [5.74, 6) is -4.75. The largest absolute Gasteiger partial charge is 0.480 e. The summed E-state index contributed by atoms with van der Waals surface area (Å²) in [6.45, 7) is 0.630. The van der Waals surface area contributed by atoms with E-state index in [1.54, 1.807) is 0 Å². The molecule has 12 nitrogen and oxygen atoms in total. The van der Waals surface area contributed by atoms with Gasteiger partial charge in [0.15, 0.2) is 0 Å². The smallest absolute Gasteiger partial charge is 0.326 e. The number of carboxylic acid groups (broad SMARTS) is 1. The fraction of sp³-hybridized carbons (Fsp3) is 0.643. The second-order valence-corrected chi connectivity index (χ2v) is 6.05. The predicted octanol–water partition coefficient (Wildman–Crippen LogP) is -3.94. The first-order valence-corrected chi connectivity index (χ1v) is 8.56. The van der Waals surface area contributed by atoms with Gasteiger partial charge in [0.2, 0.25) is 23.6 Å². The maximum absolute atomic E-state index is 12.2. The van der Waals surface area contributed by atoms with Crippen LogP contribution in [0.15, 0.2) is 0 Å². The molecule has 9 N–H and O–H groups in total. The molecule has 0 aromatic carbocycles. The third kappa shape index (κ3) is 9.21. The SMILES string of the molecule is CC(N)C(=O)NC(CO)C(=O)NC(CS)C(=O)NC(CCC(N)=O)C(=O)O. The number of rotatable bonds is 12. The topological polar surface area (TPSA) is 214 Å². The summed E-state index contributed by atoms with van der Waals surface area (Å²) in [6.07, 6.45) is -0.488. The van der Waals surface area contributed by atoms with Crippen LogP contribution in [0.25, 0.3) is 0 Å². The molecule has 0 rings (SSSR count). The maximum Gasteiger partial charge on any atom is 0.326 e. The van der Waals surface area contributed by atoms with Crippen LogP contribution in [0, 0.1) is 0 Å². The van der Waals surface area contributed by atoms with Crippen LogP contribution in [-0.2, 0) is 24.0 Å². The summed E-state index contributed by atoms with van der Waals surface area (Å²) in [7, 11) is 0. The molecule has 0 saturated heterocycles. The molecule has 0 saturated carbocycles. The van der Waals surface area contributed by atoms with Gasteiger partial charge in [-0.2, -0.15) is 12.6 Å². The molecule has 0 aliphatic rings. The van der Waals surface area contributed by atoms with Crippen LogP contribution in [0.3, 0.4) is 0 Å². The highest BCUT2D eigenvalue weighted by atomic mass is 32.1. The lowest BCUT2D eigenvalue weighted by atomic mass is 10.1. The molecule has 4 unspecified atom stereocenters. The Balaban J connectivity index is 4.94. The van der Waals surface area contributed by atoms with Crippen LogP contribution in [0.4, 0.5) is 0 Å². The molecule has 0 aliphatic heterocycles. The van der Waals surface area contributed by atoms with Gasteiger partial charge in [0.05, 0.1) is 12.6 Å². The molecule has 0 spiro atoms. The van der Waals surface area contributed by atoms with E-state index < -0.39 is 60.4 Å². The van der Waals surface area contributed by atoms with Crippen molar-refractivity contribution in [1.82, 2.24) is 16.0 Å². The molecule has 4 amide bonds. The zero-order valence-electron chi connectivity index (χ0n) is 14.7. The van der Waals surface area contributed by atoms with E-state index in [0.29, 0.717) is 0 Å². The summed E-state index contributed by atoms with van der Waals surface area (Å²) < 4.78 is 0. The molecule has 154 valence electrons. The van der Waals surface area contributed by atoms with E-state index in [-0.39, 0.29) is 18.6 Å². The molecule has 13 heteroatoms. The average Bonchev–Trinajstić information content (AvgIpc) is 2.59. The van der Waals surface area contributed by atoms with E-state index in [1.807, 2.05) is 0 Å². The minimum Gasteiger partial charge on any atom is -0.480 e. The Morgan fingerprint density at radius 1 is 0.963 bits per heavy atom. The first-order valence-electron chi connectivity index (χ1n) is 7.93. The predicted molar refractivity (Wildman–Crippen MR) is 96.4 cm³/mol. The Labute approximate surface area is 160 Å². The maximum atomic E-state index is 12.2. The monoisotopic (exact) mass is 407 g/mol. The number of carbonyl (C=O) groups is 5. The highest BCUT2D eigenvalue weighted by Crippen LogP contribution is 2.00. The van der Waals surface area contributed by atoms with Crippen molar-refractivity contribution >= 4 is 42.2 Å². The molecule has 0 bridgehead atoms. The summed E-state index contributed by atoms with van der Waals surface area (Å²) in [5, 5.41) is 24.9. The van der Waals surface area contributed by atoms with Crippen molar-refractivity contribution in [3.63, 3.8) is 0 Å². The van der Waals surface area contributed by atoms with Gasteiger partial charge in [-0.15, -0.1) is 0 Å². The van der Waals surface area contributed by atoms with Crippen LogP contribution >= 0.6 is 12.6 Å². The Kier molecular flexibility index (Phi) is 11.0. The van der Waals surface area contributed by atoms with E-state index in [1.165, 1.54) is 6.92 Å². The van der Waals surface area contributed by atoms with Gasteiger partial charge in [0.25, 0.3) is 0 Å². The first kappa shape index (κ1) is 24.6. The minimum atomic E-state index is -1.39. The van der Waals surface area contributed by atoms with E-state index in [4.69, 9.17) is 16.6 Å². The molecule has 0 heterocycles. The standard InChI is InChI=1S/C14H25N5O7S/c1-6(15)11(22)18-8(4-20)12(23)19-9(5-27)13(24)17-7(14(25)26)2-3-10(16)21/h6-9,20,27H,2-5,15H2,1H3,(H2,16,21)(H,17,24)(H,18,22)(H,19,23)(H,25,26). The lowest BCUT2D eigenvalue weighted by molar-refractivity contribution is -0.142. The second kappa shape index (κ2) is 12.1. The average molecular weight is 407 g/mol. The summed E-state index contributed by atoms with van der Waals surface area (Å²) in [5.41, 5.74) is 10.3. The molecule has 0 aromatic rings. The number of primary amides is 1. The quantitative estimate of drug-likeness (QED) is 0.149. The van der Waals surface area contributed by atoms with Gasteiger partial charge in [-0.1, -0.05) is 0 Å². The fourth-order valence-corrected chi connectivity index (χ4v) is 2.04. The molecular formula is C14H25N5O7S. The van der Waals surface area contributed by atoms with E-state index >= 15 is 0 Å². The molecule has 0 aromatic heterocycles. The lowest BCUT2D eigenvalue weighted by Crippen LogP contribution is -2.58. The van der Waals surface area contributed by atoms with Crippen molar-refractivity contribution in [3.05, 3.63) is 0 Å². The fourth-order valence-electron chi connectivity index (χ4n) is 1.78. The molecule has 0 aliphatic carbocycles. The highest BCUT2D eigenvalue weighted by molar-refractivity contribution is 7.80. The van der Waals surface area contributed by atoms with E-state index in [9.17, 15) is 29.1 Å². The number of aliphatic hydroxyl groups is 1. The van der Waals surface area contributed by atoms with Crippen LogP contribution in [0.1, 0.15) is 19.8 Å². The lowest BCUT2D eigenvalue weighted by Gasteiger charge is -2.23. The summed E-state index contributed by atoms with van der Waals surface area (Å²) in [6, 6.07) is -4.92. The van der Waals surface area contributed by atoms with Gasteiger partial charge >= 0.3 is 5.97 Å². The number of nitrogens with two attached hydrogens (primary N) is 2. The number of carboxylic acids is 1. The van der Waals surface area contributed by atoms with Crippen molar-refractivity contribution in [2.45, 2.75) is 43.9 Å². The normalized spacial score (nSPS) is 15.0.